The predicted octanol–water partition coefficient (Wildman–Crippen LogP) is 0.241. The third kappa shape index (κ3) is 18.6. The second-order valence-electron chi connectivity index (χ2n) is 0.508. The molecule has 0 atom stereocenters. The number of hydrogen-bond acceptors (Lipinski definition) is 1. The monoisotopic (exact) mass is 527 g/mol. The largest absolute Gasteiger partial charge is 0 e. The van der Waals surface area contributed by atoms with Gasteiger partial charge in [-0.3, -0.25) is 0 Å². The molecular weight excluding hydrogens is 520 g/mol. The average Bonchev–Trinajstić information content (AvgIpc) is 1.38. The molecule has 1 radical (unpaired) electrons. The van der Waals surface area contributed by atoms with Gasteiger partial charge in [0.05, 0.1) is 0 Å². The van der Waals surface area contributed by atoms with Crippen LogP contribution in [0.15, 0.2) is 12.7 Å². The van der Waals surface area contributed by atoms with Gasteiger partial charge in [-0.05, 0) is 0 Å². The summed E-state index contributed by atoms with van der Waals surface area (Å²) in [4.78, 5) is 9.72. The molecule has 0 bridgehead atoms. The Labute approximate surface area is 81.6 Å². The first-order valence-corrected chi connectivity index (χ1v) is 2.45. The standard InChI is InChI=1S/C3H3O.Mo.2Re/c1-2-3-4;;;/h2H,1H2;;;. The Morgan fingerprint density at radius 3 is 1.86 bits per heavy atom. The van der Waals surface area contributed by atoms with E-state index in [1.165, 1.54) is 6.08 Å². The van der Waals surface area contributed by atoms with Crippen molar-refractivity contribution in [2.75, 3.05) is 0 Å². The Bertz CT molecular complexity index is 64.0. The third-order valence-corrected chi connectivity index (χ3v) is 0.715. The summed E-state index contributed by atoms with van der Waals surface area (Å²) in [5, 5.41) is 0. The van der Waals surface area contributed by atoms with Crippen LogP contribution in [0.4, 0.5) is 0 Å². The molecule has 0 aromatic carbocycles. The molecule has 0 amide bonds. The topological polar surface area (TPSA) is 17.1 Å². The van der Waals surface area contributed by atoms with Gasteiger partial charge in [-0.1, -0.05) is 0 Å². The van der Waals surface area contributed by atoms with Crippen molar-refractivity contribution in [3.8, 4) is 0 Å². The summed E-state index contributed by atoms with van der Waals surface area (Å²) < 4.78 is 0.0741. The van der Waals surface area contributed by atoms with E-state index in [9.17, 15) is 4.79 Å². The first-order valence-electron chi connectivity index (χ1n) is 1.09. The molecule has 0 aromatic rings. The second kappa shape index (κ2) is 10.4. The van der Waals surface area contributed by atoms with Gasteiger partial charge in [0.2, 0.25) is 0 Å². The van der Waals surface area contributed by atoms with Gasteiger partial charge in [-0.15, -0.1) is 0 Å². The molecular formula is C3H3MoORe2. The first-order chi connectivity index (χ1) is 2.27. The fraction of sp³-hybridized carbons (Fsp3) is 0. The summed E-state index contributed by atoms with van der Waals surface area (Å²) >= 11 is 1.12. The summed E-state index contributed by atoms with van der Waals surface area (Å²) in [6.07, 6.45) is 1.30. The predicted molar refractivity (Wildman–Crippen MR) is 15.2 cm³/mol. The van der Waals surface area contributed by atoms with Crippen LogP contribution in [0.25, 0.3) is 0 Å². The van der Waals surface area contributed by atoms with Gasteiger partial charge in [-0.2, -0.15) is 0 Å². The van der Waals surface area contributed by atoms with E-state index in [1.807, 2.05) is 0 Å². The van der Waals surface area contributed by atoms with Crippen molar-refractivity contribution in [2.24, 2.45) is 0 Å². The Kier molecular flexibility index (Phi) is 23.5. The maximum Gasteiger partial charge on any atom is 0 e. The number of rotatable bonds is 1. The van der Waals surface area contributed by atoms with E-state index in [2.05, 4.69) is 6.58 Å². The molecule has 1 nitrogen and oxygen atoms in total. The first kappa shape index (κ1) is 15.8. The van der Waals surface area contributed by atoms with Crippen LogP contribution < -0.4 is 0 Å². The van der Waals surface area contributed by atoms with Crippen molar-refractivity contribution in [3.63, 3.8) is 0 Å². The minimum Gasteiger partial charge on any atom is 0 e. The van der Waals surface area contributed by atoms with E-state index in [1.54, 1.807) is 0 Å². The number of carbonyl (C=O) groups excluding carboxylic acids is 1. The van der Waals surface area contributed by atoms with Gasteiger partial charge in [-0.25, -0.2) is 0 Å². The van der Waals surface area contributed by atoms with Crippen LogP contribution in [-0.4, -0.2) is 4.26 Å². The van der Waals surface area contributed by atoms with Gasteiger partial charge in [0, 0.05) is 41.5 Å². The van der Waals surface area contributed by atoms with E-state index in [0.29, 0.717) is 0 Å². The van der Waals surface area contributed by atoms with Crippen molar-refractivity contribution < 1.29 is 65.5 Å². The maximum atomic E-state index is 9.72. The van der Waals surface area contributed by atoms with Crippen molar-refractivity contribution in [1.82, 2.24) is 0 Å². The fourth-order valence-electron chi connectivity index (χ4n) is 0. The molecule has 41 valence electrons. The normalized spacial score (nSPS) is 4.71. The Morgan fingerprint density at radius 2 is 1.86 bits per heavy atom. The SMILES string of the molecule is C=C[C](=O)[Re].[Mo].[Re]. The van der Waals surface area contributed by atoms with Crippen molar-refractivity contribution in [3.05, 3.63) is 12.7 Å². The fourth-order valence-corrected chi connectivity index (χ4v) is 0. The second-order valence-corrected chi connectivity index (χ2v) is 1.85. The minimum absolute atomic E-state index is 0. The Morgan fingerprint density at radius 1 is 1.71 bits per heavy atom. The molecule has 0 saturated carbocycles. The van der Waals surface area contributed by atoms with Gasteiger partial charge in [0.25, 0.3) is 0 Å². The van der Waals surface area contributed by atoms with Gasteiger partial charge in [0.15, 0.2) is 0 Å². The number of carbonyl (C=O) groups is 1. The molecule has 0 heterocycles. The van der Waals surface area contributed by atoms with Crippen LogP contribution >= 0.6 is 0 Å². The van der Waals surface area contributed by atoms with Crippen LogP contribution in [0.3, 0.4) is 0 Å². The zero-order valence-corrected chi connectivity index (χ0v) is 10.8. The Balaban J connectivity index is -0.0000000800. The van der Waals surface area contributed by atoms with E-state index in [-0.39, 0.29) is 45.7 Å². The van der Waals surface area contributed by atoms with Crippen molar-refractivity contribution in [1.29, 1.82) is 0 Å². The summed E-state index contributed by atoms with van der Waals surface area (Å²) in [7, 11) is 0. The summed E-state index contributed by atoms with van der Waals surface area (Å²) in [5.41, 5.74) is 0. The third-order valence-electron chi connectivity index (χ3n) is 0.160. The molecule has 0 N–H and O–H groups in total. The molecule has 0 aliphatic rings. The van der Waals surface area contributed by atoms with E-state index in [4.69, 9.17) is 0 Å². The molecule has 0 aromatic heterocycles. The van der Waals surface area contributed by atoms with E-state index < -0.39 is 0 Å². The van der Waals surface area contributed by atoms with E-state index in [0.717, 1.165) is 19.2 Å². The van der Waals surface area contributed by atoms with Crippen LogP contribution in [0.1, 0.15) is 0 Å². The molecule has 0 aliphatic carbocycles. The number of allylic oxidation sites excluding steroid dienone is 1. The number of hydrogen-bond donors (Lipinski definition) is 0. The molecule has 0 aliphatic heterocycles. The van der Waals surface area contributed by atoms with Crippen LogP contribution in [0, 0.1) is 0 Å². The van der Waals surface area contributed by atoms with Crippen molar-refractivity contribution >= 4 is 4.26 Å². The van der Waals surface area contributed by atoms with Gasteiger partial charge < -0.3 is 0 Å². The molecule has 7 heavy (non-hydrogen) atoms. The van der Waals surface area contributed by atoms with Crippen LogP contribution in [0.5, 0.6) is 0 Å². The summed E-state index contributed by atoms with van der Waals surface area (Å²) in [6, 6.07) is 0. The van der Waals surface area contributed by atoms with Crippen molar-refractivity contribution in [2.45, 2.75) is 0 Å². The average molecular weight is 523 g/mol. The zero-order valence-electron chi connectivity index (χ0n) is 3.36. The van der Waals surface area contributed by atoms with Gasteiger partial charge >= 0.3 is 40.9 Å². The molecule has 4 heteroatoms. The smallest absolute Gasteiger partial charge is 0 e. The maximum absolute atomic E-state index is 9.72. The zero-order chi connectivity index (χ0) is 4.28. The quantitative estimate of drug-likeness (QED) is 0.356. The molecule has 0 spiro atoms. The Hall–Kier alpha value is 1.42. The molecule has 0 saturated heterocycles. The molecule has 0 rings (SSSR count). The molecule has 0 unspecified atom stereocenters. The minimum atomic E-state index is 0. The summed E-state index contributed by atoms with van der Waals surface area (Å²) in [5.74, 6) is 0. The molecule has 0 fully saturated rings. The van der Waals surface area contributed by atoms with Crippen LogP contribution in [0.2, 0.25) is 0 Å². The van der Waals surface area contributed by atoms with Crippen LogP contribution in [-0.2, 0) is 65.5 Å². The van der Waals surface area contributed by atoms with E-state index >= 15 is 0 Å². The van der Waals surface area contributed by atoms with Gasteiger partial charge in [0.1, 0.15) is 0 Å². The summed E-state index contributed by atoms with van der Waals surface area (Å²) in [6.45, 7) is 3.22.